The number of nitrogens with zero attached hydrogens (tertiary/aromatic N) is 1. The molecule has 1 nitrogen and oxygen atoms in total. The van der Waals surface area contributed by atoms with Crippen LogP contribution in [0.25, 0.3) is 0 Å². The van der Waals surface area contributed by atoms with Crippen molar-refractivity contribution in [2.45, 2.75) is 6.92 Å². The van der Waals surface area contributed by atoms with Crippen LogP contribution in [0.2, 0.25) is 0 Å². The molecule has 0 fully saturated rings. The fourth-order valence-corrected chi connectivity index (χ4v) is 1.63. The van der Waals surface area contributed by atoms with Crippen LogP contribution in [0.5, 0.6) is 0 Å². The van der Waals surface area contributed by atoms with Crippen molar-refractivity contribution >= 4 is 25.8 Å². The molecular weight excluding hydrogens is 174 g/mol. The Morgan fingerprint density at radius 2 is 1.82 bits per heavy atom. The van der Waals surface area contributed by atoms with E-state index in [0.29, 0.717) is 0 Å². The fourth-order valence-electron chi connectivity index (χ4n) is 0.868. The Labute approximate surface area is 74.6 Å². The number of rotatable bonds is 2. The second-order valence-corrected chi connectivity index (χ2v) is 4.56. The Kier molecular flexibility index (Phi) is 2.97. The third-order valence-electron chi connectivity index (χ3n) is 1.65. The molecule has 0 aliphatic rings. The molecule has 0 atom stereocenters. The van der Waals surface area contributed by atoms with Gasteiger partial charge in [-0.3, -0.25) is 0 Å². The van der Waals surface area contributed by atoms with Crippen molar-refractivity contribution in [3.8, 4) is 0 Å². The summed E-state index contributed by atoms with van der Waals surface area (Å²) in [6.45, 7) is 2.09. The first kappa shape index (κ1) is 8.62. The normalized spacial score (nSPS) is 10.8. The van der Waals surface area contributed by atoms with E-state index in [1.807, 2.05) is 7.05 Å². The van der Waals surface area contributed by atoms with Crippen LogP contribution in [0.1, 0.15) is 5.56 Å². The van der Waals surface area contributed by atoms with E-state index in [-0.39, 0.29) is 0 Å². The van der Waals surface area contributed by atoms with E-state index in [4.69, 9.17) is 11.1 Å². The van der Waals surface area contributed by atoms with Gasteiger partial charge in [0.15, 0.2) is 0 Å². The van der Waals surface area contributed by atoms with E-state index >= 15 is 0 Å². The van der Waals surface area contributed by atoms with Crippen LogP contribution in [0, 0.1) is 6.92 Å². The molecule has 0 spiro atoms. The molecule has 60 valence electrons. The van der Waals surface area contributed by atoms with Crippen LogP contribution in [-0.4, -0.2) is 16.0 Å². The first-order valence-corrected chi connectivity index (χ1v) is 6.35. The largest absolute Gasteiger partial charge is 0.393 e. The predicted molar refractivity (Wildman–Crippen MR) is 54.0 cm³/mol. The first-order chi connectivity index (χ1) is 5.24. The Hall–Kier alpha value is -0.473. The van der Waals surface area contributed by atoms with Crippen molar-refractivity contribution in [3.05, 3.63) is 29.8 Å². The number of hydrogen-bond donors (Lipinski definition) is 0. The lowest BCUT2D eigenvalue weighted by atomic mass is 10.2. The Bertz CT molecular complexity index is 222. The summed E-state index contributed by atoms with van der Waals surface area (Å²) in [5.41, 5.74) is 2.51. The van der Waals surface area contributed by atoms with E-state index in [9.17, 15) is 0 Å². The zero-order valence-corrected chi connectivity index (χ0v) is 9.01. The molecular formula is C8H12ClNSi. The van der Waals surface area contributed by atoms with Gasteiger partial charge >= 0.3 is 0 Å². The maximum atomic E-state index is 5.79. The molecule has 0 aliphatic carbocycles. The molecule has 0 amide bonds. The van der Waals surface area contributed by atoms with Gasteiger partial charge in [-0.05, 0) is 26.1 Å². The minimum absolute atomic E-state index is 0.567. The molecule has 1 aromatic rings. The summed E-state index contributed by atoms with van der Waals surface area (Å²) in [7, 11) is 1.47. The summed E-state index contributed by atoms with van der Waals surface area (Å²) in [6.07, 6.45) is 0. The van der Waals surface area contributed by atoms with Gasteiger partial charge < -0.3 is 4.57 Å². The van der Waals surface area contributed by atoms with Gasteiger partial charge in [0.1, 0.15) is 0 Å². The highest BCUT2D eigenvalue weighted by atomic mass is 35.6. The average molecular weight is 186 g/mol. The Morgan fingerprint density at radius 3 is 2.27 bits per heavy atom. The van der Waals surface area contributed by atoms with Crippen molar-refractivity contribution in [1.82, 2.24) is 0 Å². The molecule has 0 saturated carbocycles. The number of anilines is 1. The average Bonchev–Trinajstić information content (AvgIpc) is 2.05. The summed E-state index contributed by atoms with van der Waals surface area (Å²) in [5.74, 6) is 0. The Morgan fingerprint density at radius 1 is 1.27 bits per heavy atom. The maximum Gasteiger partial charge on any atom is 0.224 e. The maximum absolute atomic E-state index is 5.79. The summed E-state index contributed by atoms with van der Waals surface area (Å²) >= 11 is 5.79. The topological polar surface area (TPSA) is 3.24 Å². The number of hydrogen-bond acceptors (Lipinski definition) is 1. The zero-order valence-electron chi connectivity index (χ0n) is 6.84. The minimum atomic E-state index is -0.567. The van der Waals surface area contributed by atoms with Crippen molar-refractivity contribution in [2.24, 2.45) is 0 Å². The van der Waals surface area contributed by atoms with Crippen LogP contribution in [0.3, 0.4) is 0 Å². The van der Waals surface area contributed by atoms with Gasteiger partial charge in [0.2, 0.25) is 8.99 Å². The van der Waals surface area contributed by atoms with Crippen LogP contribution in [-0.2, 0) is 0 Å². The highest BCUT2D eigenvalue weighted by molar-refractivity contribution is 6.95. The standard InChI is InChI=1S/C8H12ClNSi/c1-7-3-5-8(6-4-7)10(2)11-9/h3-6H,11H2,1-2H3. The molecule has 0 bridgehead atoms. The number of benzene rings is 1. The lowest BCUT2D eigenvalue weighted by Crippen LogP contribution is -2.17. The molecule has 1 rings (SSSR count). The van der Waals surface area contributed by atoms with Gasteiger partial charge in [-0.15, -0.1) is 11.1 Å². The van der Waals surface area contributed by atoms with Crippen molar-refractivity contribution in [3.63, 3.8) is 0 Å². The van der Waals surface area contributed by atoms with E-state index in [1.54, 1.807) is 0 Å². The smallest absolute Gasteiger partial charge is 0.224 e. The third kappa shape index (κ3) is 2.24. The van der Waals surface area contributed by atoms with Crippen LogP contribution < -0.4 is 4.57 Å². The van der Waals surface area contributed by atoms with Gasteiger partial charge in [0, 0.05) is 5.69 Å². The van der Waals surface area contributed by atoms with Gasteiger partial charge in [0.05, 0.1) is 0 Å². The SMILES string of the molecule is Cc1ccc(N(C)[SiH2]Cl)cc1. The van der Waals surface area contributed by atoms with Gasteiger partial charge in [-0.1, -0.05) is 17.7 Å². The molecule has 0 aromatic heterocycles. The van der Waals surface area contributed by atoms with E-state index in [0.717, 1.165) is 0 Å². The molecule has 0 saturated heterocycles. The van der Waals surface area contributed by atoms with E-state index in [2.05, 4.69) is 35.8 Å². The minimum Gasteiger partial charge on any atom is -0.393 e. The van der Waals surface area contributed by atoms with E-state index in [1.165, 1.54) is 11.3 Å². The molecule has 0 aliphatic heterocycles. The van der Waals surface area contributed by atoms with Crippen molar-refractivity contribution < 1.29 is 0 Å². The van der Waals surface area contributed by atoms with Crippen molar-refractivity contribution in [1.29, 1.82) is 0 Å². The molecule has 11 heavy (non-hydrogen) atoms. The zero-order chi connectivity index (χ0) is 8.27. The van der Waals surface area contributed by atoms with Crippen LogP contribution >= 0.6 is 11.1 Å². The second kappa shape index (κ2) is 3.79. The summed E-state index contributed by atoms with van der Waals surface area (Å²) in [5, 5.41) is 0. The number of aryl methyl sites for hydroxylation is 1. The van der Waals surface area contributed by atoms with E-state index < -0.39 is 8.99 Å². The van der Waals surface area contributed by atoms with Crippen molar-refractivity contribution in [2.75, 3.05) is 11.6 Å². The van der Waals surface area contributed by atoms with Gasteiger partial charge in [0.25, 0.3) is 0 Å². The van der Waals surface area contributed by atoms with Crippen LogP contribution in [0.15, 0.2) is 24.3 Å². The van der Waals surface area contributed by atoms with Gasteiger partial charge in [-0.2, -0.15) is 0 Å². The first-order valence-electron chi connectivity index (χ1n) is 3.58. The highest BCUT2D eigenvalue weighted by Gasteiger charge is 1.96. The molecule has 0 unspecified atom stereocenters. The lowest BCUT2D eigenvalue weighted by Gasteiger charge is -2.14. The predicted octanol–water partition coefficient (Wildman–Crippen LogP) is 1.67. The van der Waals surface area contributed by atoms with Crippen LogP contribution in [0.4, 0.5) is 5.69 Å². The monoisotopic (exact) mass is 185 g/mol. The lowest BCUT2D eigenvalue weighted by molar-refractivity contribution is 1.32. The molecule has 0 heterocycles. The molecule has 0 N–H and O–H groups in total. The number of halogens is 1. The highest BCUT2D eigenvalue weighted by Crippen LogP contribution is 2.12. The fraction of sp³-hybridized carbons (Fsp3) is 0.250. The second-order valence-electron chi connectivity index (χ2n) is 2.65. The van der Waals surface area contributed by atoms with Gasteiger partial charge in [-0.25, -0.2) is 0 Å². The molecule has 3 heteroatoms. The molecule has 1 aromatic carbocycles. The summed E-state index contributed by atoms with van der Waals surface area (Å²) < 4.78 is 2.13. The molecule has 0 radical (unpaired) electrons. The summed E-state index contributed by atoms with van der Waals surface area (Å²) in [6, 6.07) is 8.41. The third-order valence-corrected chi connectivity index (χ3v) is 3.45. The quantitative estimate of drug-likeness (QED) is 0.501. The summed E-state index contributed by atoms with van der Waals surface area (Å²) in [4.78, 5) is 0. The Balaban J connectivity index is 2.81.